The van der Waals surface area contributed by atoms with Crippen molar-refractivity contribution in [2.45, 2.75) is 64.8 Å². The molecule has 23 heavy (non-hydrogen) atoms. The molecule has 1 amide bonds. The standard InChI is InChI=1S/C15H28F2N2O3S/c1-14(2,3)9-12(18-4)13(20)19-23(21,22)10-11-7-5-6-8-15(11,16)17/h11-12,18H,5-10H2,1-4H3,(H,19,20). The summed E-state index contributed by atoms with van der Waals surface area (Å²) in [5.41, 5.74) is -0.175. The predicted molar refractivity (Wildman–Crippen MR) is 85.8 cm³/mol. The third kappa shape index (κ3) is 6.71. The molecule has 1 saturated carbocycles. The number of alkyl halides is 2. The highest BCUT2D eigenvalue weighted by Crippen LogP contribution is 2.38. The van der Waals surface area contributed by atoms with Crippen LogP contribution >= 0.6 is 0 Å². The molecule has 1 aliphatic rings. The van der Waals surface area contributed by atoms with Crippen LogP contribution in [0.25, 0.3) is 0 Å². The van der Waals surface area contributed by atoms with E-state index in [1.165, 1.54) is 0 Å². The number of halogens is 2. The SMILES string of the molecule is CNC(CC(C)(C)C)C(=O)NS(=O)(=O)CC1CCCCC1(F)F. The highest BCUT2D eigenvalue weighted by molar-refractivity contribution is 7.90. The molecule has 1 fully saturated rings. The van der Waals surface area contributed by atoms with Gasteiger partial charge < -0.3 is 5.32 Å². The summed E-state index contributed by atoms with van der Waals surface area (Å²) in [4.78, 5) is 12.1. The van der Waals surface area contributed by atoms with Crippen molar-refractivity contribution in [2.75, 3.05) is 12.8 Å². The number of likely N-dealkylation sites (N-methyl/N-ethyl adjacent to an activating group) is 1. The van der Waals surface area contributed by atoms with Crippen LogP contribution in [0.5, 0.6) is 0 Å². The predicted octanol–water partition coefficient (Wildman–Crippen LogP) is 2.28. The molecule has 8 heteroatoms. The lowest BCUT2D eigenvalue weighted by molar-refractivity contribution is -0.122. The molecule has 0 saturated heterocycles. The van der Waals surface area contributed by atoms with E-state index in [1.807, 2.05) is 25.5 Å². The molecule has 2 atom stereocenters. The molecule has 1 rings (SSSR count). The van der Waals surface area contributed by atoms with E-state index < -0.39 is 39.6 Å². The maximum Gasteiger partial charge on any atom is 0.251 e. The highest BCUT2D eigenvalue weighted by Gasteiger charge is 2.44. The Balaban J connectivity index is 2.71. The van der Waals surface area contributed by atoms with Gasteiger partial charge in [-0.25, -0.2) is 17.2 Å². The number of amides is 1. The molecule has 0 aliphatic heterocycles. The molecule has 0 aromatic rings. The summed E-state index contributed by atoms with van der Waals surface area (Å²) in [6.07, 6.45) is 1.31. The van der Waals surface area contributed by atoms with Gasteiger partial charge in [0.15, 0.2) is 0 Å². The van der Waals surface area contributed by atoms with Crippen LogP contribution in [-0.2, 0) is 14.8 Å². The summed E-state index contributed by atoms with van der Waals surface area (Å²) < 4.78 is 53.7. The molecule has 0 spiro atoms. The number of carbonyl (C=O) groups is 1. The Morgan fingerprint density at radius 1 is 1.30 bits per heavy atom. The number of nitrogens with one attached hydrogen (secondary N) is 2. The topological polar surface area (TPSA) is 75.3 Å². The third-order valence-electron chi connectivity index (χ3n) is 4.07. The van der Waals surface area contributed by atoms with Crippen LogP contribution in [0.1, 0.15) is 52.9 Å². The van der Waals surface area contributed by atoms with E-state index >= 15 is 0 Å². The molecule has 1 aliphatic carbocycles. The second-order valence-electron chi connectivity index (χ2n) is 7.56. The summed E-state index contributed by atoms with van der Waals surface area (Å²) >= 11 is 0. The largest absolute Gasteiger partial charge is 0.309 e. The van der Waals surface area contributed by atoms with Crippen LogP contribution in [0.3, 0.4) is 0 Å². The zero-order valence-electron chi connectivity index (χ0n) is 14.3. The fourth-order valence-electron chi connectivity index (χ4n) is 2.84. The smallest absolute Gasteiger partial charge is 0.251 e. The van der Waals surface area contributed by atoms with E-state index in [4.69, 9.17) is 0 Å². The van der Waals surface area contributed by atoms with Crippen LogP contribution in [-0.4, -0.2) is 39.1 Å². The van der Waals surface area contributed by atoms with Crippen molar-refractivity contribution in [3.8, 4) is 0 Å². The van der Waals surface area contributed by atoms with Gasteiger partial charge in [-0.05, 0) is 31.7 Å². The van der Waals surface area contributed by atoms with Crippen molar-refractivity contribution in [1.82, 2.24) is 10.0 Å². The number of hydrogen-bond donors (Lipinski definition) is 2. The van der Waals surface area contributed by atoms with E-state index in [9.17, 15) is 22.0 Å². The molecule has 0 aromatic heterocycles. The van der Waals surface area contributed by atoms with Crippen molar-refractivity contribution >= 4 is 15.9 Å². The summed E-state index contributed by atoms with van der Waals surface area (Å²) in [6.45, 7) is 5.80. The molecule has 0 bridgehead atoms. The van der Waals surface area contributed by atoms with Crippen LogP contribution < -0.4 is 10.0 Å². The fourth-order valence-corrected chi connectivity index (χ4v) is 4.31. The van der Waals surface area contributed by atoms with Gasteiger partial charge in [0, 0.05) is 12.3 Å². The van der Waals surface area contributed by atoms with Crippen molar-refractivity contribution in [1.29, 1.82) is 0 Å². The fraction of sp³-hybridized carbons (Fsp3) is 0.933. The van der Waals surface area contributed by atoms with Crippen molar-refractivity contribution in [3.63, 3.8) is 0 Å². The van der Waals surface area contributed by atoms with Crippen molar-refractivity contribution in [2.24, 2.45) is 11.3 Å². The van der Waals surface area contributed by atoms with Crippen LogP contribution in [0.15, 0.2) is 0 Å². The van der Waals surface area contributed by atoms with Gasteiger partial charge in [-0.3, -0.25) is 9.52 Å². The Morgan fingerprint density at radius 3 is 2.39 bits per heavy atom. The normalized spacial score (nSPS) is 23.3. The summed E-state index contributed by atoms with van der Waals surface area (Å²) in [5, 5.41) is 2.78. The second-order valence-corrected chi connectivity index (χ2v) is 9.32. The van der Waals surface area contributed by atoms with Crippen LogP contribution in [0, 0.1) is 11.3 Å². The lowest BCUT2D eigenvalue weighted by atomic mass is 9.87. The zero-order valence-corrected chi connectivity index (χ0v) is 15.1. The van der Waals surface area contributed by atoms with Gasteiger partial charge in [0.25, 0.3) is 11.8 Å². The number of carbonyl (C=O) groups excluding carboxylic acids is 1. The molecule has 2 N–H and O–H groups in total. The molecule has 0 aromatic carbocycles. The van der Waals surface area contributed by atoms with E-state index in [-0.39, 0.29) is 18.3 Å². The van der Waals surface area contributed by atoms with Gasteiger partial charge in [0.1, 0.15) is 0 Å². The molecule has 136 valence electrons. The molecular formula is C15H28F2N2O3S. The highest BCUT2D eigenvalue weighted by atomic mass is 32.2. The molecule has 0 heterocycles. The minimum atomic E-state index is -4.08. The molecular weight excluding hydrogens is 326 g/mol. The first-order valence-electron chi connectivity index (χ1n) is 7.96. The Bertz CT molecular complexity index is 515. The maximum absolute atomic E-state index is 13.8. The minimum absolute atomic E-state index is 0.166. The number of rotatable bonds is 6. The van der Waals surface area contributed by atoms with E-state index in [0.29, 0.717) is 19.3 Å². The minimum Gasteiger partial charge on any atom is -0.309 e. The summed E-state index contributed by atoms with van der Waals surface area (Å²) in [6, 6.07) is -0.684. The number of sulfonamides is 1. The Morgan fingerprint density at radius 2 is 1.91 bits per heavy atom. The Hall–Kier alpha value is -0.760. The van der Waals surface area contributed by atoms with E-state index in [2.05, 4.69) is 5.32 Å². The molecule has 5 nitrogen and oxygen atoms in total. The van der Waals surface area contributed by atoms with E-state index in [0.717, 1.165) is 0 Å². The van der Waals surface area contributed by atoms with Crippen LogP contribution in [0.2, 0.25) is 0 Å². The quantitative estimate of drug-likeness (QED) is 0.767. The third-order valence-corrected chi connectivity index (χ3v) is 5.42. The molecule has 0 radical (unpaired) electrons. The lowest BCUT2D eigenvalue weighted by Gasteiger charge is -2.31. The van der Waals surface area contributed by atoms with Crippen LogP contribution in [0.4, 0.5) is 8.78 Å². The Labute approximate surface area is 137 Å². The van der Waals surface area contributed by atoms with Crippen molar-refractivity contribution in [3.05, 3.63) is 0 Å². The molecule has 2 unspecified atom stereocenters. The first kappa shape index (κ1) is 20.3. The van der Waals surface area contributed by atoms with Gasteiger partial charge in [-0.1, -0.05) is 27.2 Å². The summed E-state index contributed by atoms with van der Waals surface area (Å²) in [7, 11) is -2.51. The monoisotopic (exact) mass is 354 g/mol. The van der Waals surface area contributed by atoms with Gasteiger partial charge in [-0.2, -0.15) is 0 Å². The Kier molecular flexibility index (Phi) is 6.55. The first-order chi connectivity index (χ1) is 10.4. The second kappa shape index (κ2) is 7.42. The van der Waals surface area contributed by atoms with Gasteiger partial charge in [0.05, 0.1) is 11.8 Å². The zero-order chi connectivity index (χ0) is 17.9. The number of hydrogen-bond acceptors (Lipinski definition) is 4. The summed E-state index contributed by atoms with van der Waals surface area (Å²) in [5.74, 6) is -5.61. The first-order valence-corrected chi connectivity index (χ1v) is 9.61. The van der Waals surface area contributed by atoms with Gasteiger partial charge in [0.2, 0.25) is 10.0 Å². The average molecular weight is 354 g/mol. The van der Waals surface area contributed by atoms with E-state index in [1.54, 1.807) is 7.05 Å². The average Bonchev–Trinajstić information content (AvgIpc) is 2.36. The maximum atomic E-state index is 13.8. The van der Waals surface area contributed by atoms with Gasteiger partial charge in [-0.15, -0.1) is 0 Å². The lowest BCUT2D eigenvalue weighted by Crippen LogP contribution is -2.49. The van der Waals surface area contributed by atoms with Gasteiger partial charge >= 0.3 is 0 Å². The van der Waals surface area contributed by atoms with Crippen molar-refractivity contribution < 1.29 is 22.0 Å².